The molecule has 0 saturated heterocycles. The number of hydrogen-bond acceptors (Lipinski definition) is 4. The highest BCUT2D eigenvalue weighted by Gasteiger charge is 2.21. The van der Waals surface area contributed by atoms with Crippen LogP contribution >= 0.6 is 12.2 Å². The van der Waals surface area contributed by atoms with E-state index in [1.165, 1.54) is 6.42 Å². The molecule has 1 aliphatic rings. The first-order valence-corrected chi connectivity index (χ1v) is 12.2. The lowest BCUT2D eigenvalue weighted by molar-refractivity contribution is -0.120. The van der Waals surface area contributed by atoms with E-state index >= 15 is 0 Å². The molecule has 0 atom stereocenters. The van der Waals surface area contributed by atoms with Crippen molar-refractivity contribution in [2.45, 2.75) is 58.3 Å². The number of carbonyl (C=O) groups excluding carboxylic acids is 2. The van der Waals surface area contributed by atoms with Crippen LogP contribution in [0.5, 0.6) is 5.75 Å². The van der Waals surface area contributed by atoms with Gasteiger partial charge in [0.1, 0.15) is 5.75 Å². The topological polar surface area (TPSA) is 79.5 Å². The molecule has 1 aliphatic carbocycles. The lowest BCUT2D eigenvalue weighted by Gasteiger charge is -2.21. The summed E-state index contributed by atoms with van der Waals surface area (Å²) in [6.45, 7) is 2.83. The van der Waals surface area contributed by atoms with Crippen LogP contribution in [0.3, 0.4) is 0 Å². The smallest absolute Gasteiger partial charge is 0.257 e. The fourth-order valence-electron chi connectivity index (χ4n) is 3.87. The molecule has 7 heteroatoms. The van der Waals surface area contributed by atoms with Crippen LogP contribution in [0.4, 0.5) is 11.4 Å². The zero-order valence-corrected chi connectivity index (χ0v) is 20.0. The van der Waals surface area contributed by atoms with Crippen LogP contribution in [0.25, 0.3) is 0 Å². The molecule has 0 spiro atoms. The van der Waals surface area contributed by atoms with Crippen molar-refractivity contribution in [3.63, 3.8) is 0 Å². The molecule has 2 aromatic carbocycles. The third kappa shape index (κ3) is 8.17. The second kappa shape index (κ2) is 12.9. The van der Waals surface area contributed by atoms with Crippen LogP contribution in [0, 0.1) is 5.92 Å². The average Bonchev–Trinajstić information content (AvgIpc) is 2.83. The predicted molar refractivity (Wildman–Crippen MR) is 137 cm³/mol. The number of rotatable bonds is 9. The number of amides is 2. The molecular weight excluding hydrogens is 434 g/mol. The van der Waals surface area contributed by atoms with Crippen LogP contribution in [-0.4, -0.2) is 23.5 Å². The van der Waals surface area contributed by atoms with Crippen molar-refractivity contribution in [1.29, 1.82) is 0 Å². The summed E-state index contributed by atoms with van der Waals surface area (Å²) in [4.78, 5) is 25.0. The minimum atomic E-state index is -0.299. The van der Waals surface area contributed by atoms with Crippen LogP contribution in [0.1, 0.15) is 68.6 Å². The molecule has 0 aromatic heterocycles. The van der Waals surface area contributed by atoms with Crippen molar-refractivity contribution in [2.75, 3.05) is 17.2 Å². The van der Waals surface area contributed by atoms with E-state index in [4.69, 9.17) is 17.0 Å². The first-order chi connectivity index (χ1) is 16.0. The van der Waals surface area contributed by atoms with Crippen molar-refractivity contribution in [3.05, 3.63) is 54.1 Å². The molecule has 1 fully saturated rings. The van der Waals surface area contributed by atoms with Crippen molar-refractivity contribution in [2.24, 2.45) is 5.92 Å². The van der Waals surface area contributed by atoms with E-state index in [1.807, 2.05) is 24.3 Å². The Morgan fingerprint density at radius 2 is 1.67 bits per heavy atom. The molecule has 2 aromatic rings. The molecular formula is C26H33N3O3S. The molecule has 6 nitrogen and oxygen atoms in total. The standard InChI is InChI=1S/C26H33N3O3S/c1-2-3-7-17-32-23-15-13-20(14-16-23)25(31)29-26(33)28-22-12-8-11-21(18-22)27-24(30)19-9-5-4-6-10-19/h8,11-16,18-19H,2-7,9-10,17H2,1H3,(H,27,30)(H2,28,29,31,33). The predicted octanol–water partition coefficient (Wildman–Crippen LogP) is 5.90. The largest absolute Gasteiger partial charge is 0.494 e. The van der Waals surface area contributed by atoms with Crippen molar-refractivity contribution < 1.29 is 14.3 Å². The second-order valence-corrected chi connectivity index (χ2v) is 8.80. The zero-order chi connectivity index (χ0) is 23.5. The Bertz CT molecular complexity index is 940. The lowest BCUT2D eigenvalue weighted by Crippen LogP contribution is -2.34. The van der Waals surface area contributed by atoms with Gasteiger partial charge in [-0.1, -0.05) is 45.1 Å². The minimum absolute atomic E-state index is 0.0699. The van der Waals surface area contributed by atoms with E-state index in [0.29, 0.717) is 23.5 Å². The Labute approximate surface area is 201 Å². The quantitative estimate of drug-likeness (QED) is 0.316. The summed E-state index contributed by atoms with van der Waals surface area (Å²) in [6.07, 6.45) is 8.65. The molecule has 1 saturated carbocycles. The molecule has 33 heavy (non-hydrogen) atoms. The van der Waals surface area contributed by atoms with Gasteiger partial charge in [-0.05, 0) is 73.9 Å². The second-order valence-electron chi connectivity index (χ2n) is 8.39. The Morgan fingerprint density at radius 1 is 0.970 bits per heavy atom. The van der Waals surface area contributed by atoms with E-state index in [-0.39, 0.29) is 22.8 Å². The van der Waals surface area contributed by atoms with Crippen molar-refractivity contribution in [1.82, 2.24) is 5.32 Å². The highest BCUT2D eigenvalue weighted by molar-refractivity contribution is 7.80. The maximum absolute atomic E-state index is 12.5. The highest BCUT2D eigenvalue weighted by Crippen LogP contribution is 2.25. The fourth-order valence-corrected chi connectivity index (χ4v) is 4.08. The number of ether oxygens (including phenoxy) is 1. The molecule has 0 radical (unpaired) electrons. The molecule has 0 aliphatic heterocycles. The van der Waals surface area contributed by atoms with Gasteiger partial charge in [0.25, 0.3) is 5.91 Å². The summed E-state index contributed by atoms with van der Waals surface area (Å²) in [5.74, 6) is 0.603. The van der Waals surface area contributed by atoms with Gasteiger partial charge >= 0.3 is 0 Å². The monoisotopic (exact) mass is 467 g/mol. The van der Waals surface area contributed by atoms with Crippen molar-refractivity contribution >= 4 is 40.5 Å². The van der Waals surface area contributed by atoms with Gasteiger partial charge < -0.3 is 15.4 Å². The van der Waals surface area contributed by atoms with Gasteiger partial charge in [0.05, 0.1) is 6.61 Å². The van der Waals surface area contributed by atoms with Crippen molar-refractivity contribution in [3.8, 4) is 5.75 Å². The van der Waals surface area contributed by atoms with Crippen LogP contribution in [0.15, 0.2) is 48.5 Å². The Balaban J connectivity index is 1.48. The molecule has 3 rings (SSSR count). The summed E-state index contributed by atoms with van der Waals surface area (Å²) < 4.78 is 5.68. The molecule has 3 N–H and O–H groups in total. The first kappa shape index (κ1) is 24.7. The summed E-state index contributed by atoms with van der Waals surface area (Å²) in [7, 11) is 0. The Kier molecular flexibility index (Phi) is 9.69. The third-order valence-corrected chi connectivity index (χ3v) is 5.93. The molecule has 0 bridgehead atoms. The van der Waals surface area contributed by atoms with Gasteiger partial charge in [0.15, 0.2) is 5.11 Å². The van der Waals surface area contributed by atoms with Gasteiger partial charge in [0.2, 0.25) is 5.91 Å². The van der Waals surface area contributed by atoms with Crippen LogP contribution in [-0.2, 0) is 4.79 Å². The molecule has 2 amide bonds. The Hall–Kier alpha value is -2.93. The van der Waals surface area contributed by atoms with E-state index in [0.717, 1.165) is 50.7 Å². The molecule has 176 valence electrons. The molecule has 0 unspecified atom stereocenters. The lowest BCUT2D eigenvalue weighted by atomic mass is 9.88. The van der Waals surface area contributed by atoms with Crippen LogP contribution in [0.2, 0.25) is 0 Å². The number of unbranched alkanes of at least 4 members (excludes halogenated alkanes) is 2. The van der Waals surface area contributed by atoms with E-state index in [9.17, 15) is 9.59 Å². The van der Waals surface area contributed by atoms with E-state index in [2.05, 4.69) is 22.9 Å². The normalized spacial score (nSPS) is 13.7. The highest BCUT2D eigenvalue weighted by atomic mass is 32.1. The number of anilines is 2. The summed E-state index contributed by atoms with van der Waals surface area (Å²) in [5, 5.41) is 8.89. The van der Waals surface area contributed by atoms with Gasteiger partial charge in [0, 0.05) is 22.9 Å². The van der Waals surface area contributed by atoms with Gasteiger partial charge in [-0.15, -0.1) is 0 Å². The SMILES string of the molecule is CCCCCOc1ccc(C(=O)NC(=S)Nc2cccc(NC(=O)C3CCCCC3)c2)cc1. The number of hydrogen-bond donors (Lipinski definition) is 3. The van der Waals surface area contributed by atoms with Gasteiger partial charge in [-0.25, -0.2) is 0 Å². The number of benzene rings is 2. The summed E-state index contributed by atoms with van der Waals surface area (Å²) in [5.41, 5.74) is 1.89. The van der Waals surface area contributed by atoms with E-state index in [1.54, 1.807) is 24.3 Å². The number of nitrogens with one attached hydrogen (secondary N) is 3. The Morgan fingerprint density at radius 3 is 2.36 bits per heavy atom. The number of carbonyl (C=O) groups is 2. The summed E-state index contributed by atoms with van der Waals surface area (Å²) >= 11 is 5.30. The fraction of sp³-hybridized carbons (Fsp3) is 0.423. The minimum Gasteiger partial charge on any atom is -0.494 e. The summed E-state index contributed by atoms with van der Waals surface area (Å²) in [6, 6.07) is 14.3. The average molecular weight is 468 g/mol. The maximum Gasteiger partial charge on any atom is 0.257 e. The third-order valence-electron chi connectivity index (χ3n) is 5.72. The van der Waals surface area contributed by atoms with E-state index < -0.39 is 0 Å². The van der Waals surface area contributed by atoms with Crippen LogP contribution < -0.4 is 20.7 Å². The zero-order valence-electron chi connectivity index (χ0n) is 19.2. The molecule has 0 heterocycles. The maximum atomic E-state index is 12.5. The van der Waals surface area contributed by atoms with Gasteiger partial charge in [-0.3, -0.25) is 14.9 Å². The van der Waals surface area contributed by atoms with Gasteiger partial charge in [-0.2, -0.15) is 0 Å². The number of thiocarbonyl (C=S) groups is 1. The first-order valence-electron chi connectivity index (χ1n) is 11.8.